The number of amides is 1. The lowest BCUT2D eigenvalue weighted by molar-refractivity contribution is 0.0954. The van der Waals surface area contributed by atoms with Gasteiger partial charge in [-0.25, -0.2) is 13.8 Å². The van der Waals surface area contributed by atoms with Crippen molar-refractivity contribution >= 4 is 17.7 Å². The number of aromatic nitrogens is 1. The van der Waals surface area contributed by atoms with Gasteiger partial charge in [0.2, 0.25) is 0 Å². The number of pyridine rings is 1. The van der Waals surface area contributed by atoms with E-state index in [1.807, 2.05) is 11.8 Å². The highest BCUT2D eigenvalue weighted by Crippen LogP contribution is 2.20. The van der Waals surface area contributed by atoms with Crippen LogP contribution in [0.5, 0.6) is 0 Å². The van der Waals surface area contributed by atoms with Crippen LogP contribution in [0.15, 0.2) is 41.5 Å². The van der Waals surface area contributed by atoms with E-state index in [9.17, 15) is 13.6 Å². The number of guanidine groups is 1. The number of hydrogen-bond donors (Lipinski definition) is 3. The predicted molar refractivity (Wildman–Crippen MR) is 117 cm³/mol. The zero-order chi connectivity index (χ0) is 22.2. The van der Waals surface area contributed by atoms with Crippen molar-refractivity contribution in [3.63, 3.8) is 0 Å². The average Bonchev–Trinajstić information content (AvgIpc) is 3.21. The number of anilines is 1. The van der Waals surface area contributed by atoms with Gasteiger partial charge in [-0.15, -0.1) is 0 Å². The van der Waals surface area contributed by atoms with Crippen LogP contribution in [0.1, 0.15) is 29.3 Å². The quantitative estimate of drug-likeness (QED) is 0.357. The molecule has 1 aromatic heterocycles. The molecule has 1 fully saturated rings. The standard InChI is InChI=1S/C22H28F2N6O/c1-3-25-22(28-11-10-27-21(31)16-7-6-15(2)19(24)13-16)29-17-8-12-30(14-17)20-18(23)5-4-9-26-20/h4-7,9,13,17H,3,8,10-12,14H2,1-2H3,(H,27,31)(H2,25,28,29). The van der Waals surface area contributed by atoms with E-state index in [0.29, 0.717) is 50.1 Å². The molecule has 0 radical (unpaired) electrons. The average molecular weight is 431 g/mol. The number of carbonyl (C=O) groups is 1. The molecular weight excluding hydrogens is 402 g/mol. The molecule has 1 aliphatic heterocycles. The summed E-state index contributed by atoms with van der Waals surface area (Å²) in [7, 11) is 0. The molecule has 1 atom stereocenters. The third-order valence-corrected chi connectivity index (χ3v) is 5.01. The second kappa shape index (κ2) is 10.7. The van der Waals surface area contributed by atoms with E-state index >= 15 is 0 Å². The van der Waals surface area contributed by atoms with Crippen molar-refractivity contribution in [2.24, 2.45) is 4.99 Å². The van der Waals surface area contributed by atoms with Gasteiger partial charge in [0.1, 0.15) is 5.82 Å². The van der Waals surface area contributed by atoms with E-state index in [4.69, 9.17) is 0 Å². The largest absolute Gasteiger partial charge is 0.357 e. The molecule has 0 saturated carbocycles. The molecule has 7 nitrogen and oxygen atoms in total. The van der Waals surface area contributed by atoms with Gasteiger partial charge in [-0.1, -0.05) is 6.07 Å². The van der Waals surface area contributed by atoms with Gasteiger partial charge in [0.15, 0.2) is 17.6 Å². The van der Waals surface area contributed by atoms with Crippen molar-refractivity contribution in [2.45, 2.75) is 26.3 Å². The van der Waals surface area contributed by atoms with Crippen LogP contribution in [0.4, 0.5) is 14.6 Å². The van der Waals surface area contributed by atoms with Gasteiger partial charge in [0.25, 0.3) is 5.91 Å². The maximum atomic E-state index is 14.0. The first kappa shape index (κ1) is 22.5. The first-order valence-electron chi connectivity index (χ1n) is 10.4. The SMILES string of the molecule is CCNC(=NCCNC(=O)c1ccc(C)c(F)c1)NC1CCN(c2ncccc2F)C1. The summed E-state index contributed by atoms with van der Waals surface area (Å²) in [6, 6.07) is 7.50. The molecule has 2 heterocycles. The number of aliphatic imine (C=N–C) groups is 1. The summed E-state index contributed by atoms with van der Waals surface area (Å²) in [5.41, 5.74) is 0.781. The Morgan fingerprint density at radius 2 is 2.10 bits per heavy atom. The number of hydrogen-bond acceptors (Lipinski definition) is 4. The van der Waals surface area contributed by atoms with E-state index in [2.05, 4.69) is 25.9 Å². The summed E-state index contributed by atoms with van der Waals surface area (Å²) >= 11 is 0. The fraction of sp³-hybridized carbons (Fsp3) is 0.409. The minimum absolute atomic E-state index is 0.101. The lowest BCUT2D eigenvalue weighted by Crippen LogP contribution is -2.45. The van der Waals surface area contributed by atoms with E-state index in [-0.39, 0.29) is 23.3 Å². The van der Waals surface area contributed by atoms with Crippen LogP contribution in [0.2, 0.25) is 0 Å². The predicted octanol–water partition coefficient (Wildman–Crippen LogP) is 2.23. The lowest BCUT2D eigenvalue weighted by Gasteiger charge is -2.20. The van der Waals surface area contributed by atoms with Crippen molar-refractivity contribution in [2.75, 3.05) is 37.6 Å². The van der Waals surface area contributed by atoms with Crippen LogP contribution in [-0.2, 0) is 0 Å². The number of rotatable bonds is 7. The van der Waals surface area contributed by atoms with Gasteiger partial charge in [0.05, 0.1) is 6.54 Å². The molecule has 1 amide bonds. The molecule has 1 unspecified atom stereocenters. The maximum Gasteiger partial charge on any atom is 0.251 e. The topological polar surface area (TPSA) is 81.6 Å². The molecular formula is C22H28F2N6O. The summed E-state index contributed by atoms with van der Waals surface area (Å²) in [5, 5.41) is 9.28. The second-order valence-electron chi connectivity index (χ2n) is 7.37. The smallest absolute Gasteiger partial charge is 0.251 e. The molecule has 0 bridgehead atoms. The van der Waals surface area contributed by atoms with Crippen molar-refractivity contribution in [1.29, 1.82) is 0 Å². The van der Waals surface area contributed by atoms with Crippen molar-refractivity contribution < 1.29 is 13.6 Å². The zero-order valence-electron chi connectivity index (χ0n) is 17.8. The van der Waals surface area contributed by atoms with Crippen LogP contribution in [-0.4, -0.2) is 55.6 Å². The van der Waals surface area contributed by atoms with E-state index in [1.54, 1.807) is 31.3 Å². The summed E-state index contributed by atoms with van der Waals surface area (Å²) in [5.74, 6) is -0.0697. The molecule has 3 rings (SSSR count). The summed E-state index contributed by atoms with van der Waals surface area (Å²) in [6.45, 7) is 6.31. The molecule has 166 valence electrons. The Balaban J connectivity index is 1.49. The Hall–Kier alpha value is -3.23. The van der Waals surface area contributed by atoms with Gasteiger partial charge in [0, 0.05) is 44.0 Å². The van der Waals surface area contributed by atoms with Gasteiger partial charge < -0.3 is 20.9 Å². The van der Waals surface area contributed by atoms with Crippen molar-refractivity contribution in [3.8, 4) is 0 Å². The molecule has 9 heteroatoms. The van der Waals surface area contributed by atoms with Gasteiger partial charge in [-0.2, -0.15) is 0 Å². The Labute approximate surface area is 181 Å². The third-order valence-electron chi connectivity index (χ3n) is 5.01. The molecule has 2 aromatic rings. The number of carbonyl (C=O) groups excluding carboxylic acids is 1. The Kier molecular flexibility index (Phi) is 7.75. The van der Waals surface area contributed by atoms with Gasteiger partial charge in [-0.3, -0.25) is 9.79 Å². The molecule has 0 spiro atoms. The number of halogens is 2. The normalized spacial score (nSPS) is 16.3. The Bertz CT molecular complexity index is 936. The van der Waals surface area contributed by atoms with Gasteiger partial charge >= 0.3 is 0 Å². The second-order valence-corrected chi connectivity index (χ2v) is 7.37. The fourth-order valence-electron chi connectivity index (χ4n) is 3.37. The molecule has 1 saturated heterocycles. The molecule has 1 aromatic carbocycles. The Morgan fingerprint density at radius 1 is 1.26 bits per heavy atom. The van der Waals surface area contributed by atoms with Crippen LogP contribution >= 0.6 is 0 Å². The maximum absolute atomic E-state index is 14.0. The van der Waals surface area contributed by atoms with E-state index in [1.165, 1.54) is 12.1 Å². The highest BCUT2D eigenvalue weighted by atomic mass is 19.1. The highest BCUT2D eigenvalue weighted by Gasteiger charge is 2.25. The van der Waals surface area contributed by atoms with Crippen LogP contribution < -0.4 is 20.9 Å². The van der Waals surface area contributed by atoms with Crippen molar-refractivity contribution in [3.05, 3.63) is 59.3 Å². The number of aryl methyl sites for hydroxylation is 1. The number of benzene rings is 1. The van der Waals surface area contributed by atoms with E-state index in [0.717, 1.165) is 6.42 Å². The number of nitrogens with zero attached hydrogens (tertiary/aromatic N) is 3. The first-order chi connectivity index (χ1) is 15.0. The van der Waals surface area contributed by atoms with Crippen LogP contribution in [0.25, 0.3) is 0 Å². The number of nitrogens with one attached hydrogen (secondary N) is 3. The van der Waals surface area contributed by atoms with Gasteiger partial charge in [-0.05, 0) is 50.1 Å². The minimum atomic E-state index is -0.402. The summed E-state index contributed by atoms with van der Waals surface area (Å²) in [6.07, 6.45) is 2.42. The molecule has 3 N–H and O–H groups in total. The lowest BCUT2D eigenvalue weighted by atomic mass is 10.1. The van der Waals surface area contributed by atoms with Crippen molar-refractivity contribution in [1.82, 2.24) is 20.9 Å². The molecule has 0 aliphatic carbocycles. The summed E-state index contributed by atoms with van der Waals surface area (Å²) in [4.78, 5) is 22.7. The van der Waals surface area contributed by atoms with Crippen LogP contribution in [0, 0.1) is 18.6 Å². The molecule has 31 heavy (non-hydrogen) atoms. The monoisotopic (exact) mass is 430 g/mol. The van der Waals surface area contributed by atoms with E-state index < -0.39 is 5.82 Å². The summed E-state index contributed by atoms with van der Waals surface area (Å²) < 4.78 is 27.6. The highest BCUT2D eigenvalue weighted by molar-refractivity contribution is 5.94. The fourth-order valence-corrected chi connectivity index (χ4v) is 3.37. The first-order valence-corrected chi connectivity index (χ1v) is 10.4. The zero-order valence-corrected chi connectivity index (χ0v) is 17.8. The molecule has 1 aliphatic rings. The Morgan fingerprint density at radius 3 is 2.84 bits per heavy atom. The minimum Gasteiger partial charge on any atom is -0.357 e. The van der Waals surface area contributed by atoms with Crippen LogP contribution in [0.3, 0.4) is 0 Å². The third kappa shape index (κ3) is 6.13.